The molecule has 1 aromatic rings. The highest BCUT2D eigenvalue weighted by atomic mass is 79.9. The summed E-state index contributed by atoms with van der Waals surface area (Å²) in [5.41, 5.74) is 3.38. The van der Waals surface area contributed by atoms with Gasteiger partial charge >= 0.3 is 0 Å². The van der Waals surface area contributed by atoms with Crippen molar-refractivity contribution in [3.05, 3.63) is 33.3 Å². The maximum absolute atomic E-state index is 9.43. The molecule has 0 aliphatic heterocycles. The molecular weight excluding hydrogens is 216 g/mol. The summed E-state index contributed by atoms with van der Waals surface area (Å²) in [5.74, 6) is 0. The number of aryl methyl sites for hydroxylation is 1. The average Bonchev–Trinajstić information content (AvgIpc) is 1.96. The first kappa shape index (κ1) is 9.75. The Labute approximate surface area is 81.6 Å². The molecular formula is C10H13BrO. The third-order valence-electron chi connectivity index (χ3n) is 2.12. The molecule has 0 aliphatic carbocycles. The predicted molar refractivity (Wildman–Crippen MR) is 54.2 cm³/mol. The lowest BCUT2D eigenvalue weighted by Gasteiger charge is -2.11. The quantitative estimate of drug-likeness (QED) is 0.784. The summed E-state index contributed by atoms with van der Waals surface area (Å²) in [6.45, 7) is 5.87. The Hall–Kier alpha value is -0.340. The maximum Gasteiger partial charge on any atom is 0.0764 e. The van der Waals surface area contributed by atoms with E-state index in [-0.39, 0.29) is 6.10 Å². The van der Waals surface area contributed by atoms with Crippen molar-refractivity contribution in [1.29, 1.82) is 0 Å². The summed E-state index contributed by atoms with van der Waals surface area (Å²) in [6, 6.07) is 4.02. The van der Waals surface area contributed by atoms with Crippen LogP contribution < -0.4 is 0 Å². The Morgan fingerprint density at radius 2 is 1.92 bits per heavy atom. The topological polar surface area (TPSA) is 20.2 Å². The molecule has 0 saturated carbocycles. The van der Waals surface area contributed by atoms with Crippen LogP contribution in [0.25, 0.3) is 0 Å². The second-order valence-corrected chi connectivity index (χ2v) is 4.03. The van der Waals surface area contributed by atoms with Crippen molar-refractivity contribution in [2.45, 2.75) is 26.9 Å². The van der Waals surface area contributed by atoms with Crippen LogP contribution in [0.2, 0.25) is 0 Å². The zero-order valence-electron chi connectivity index (χ0n) is 7.56. The van der Waals surface area contributed by atoms with Crippen molar-refractivity contribution in [2.75, 3.05) is 0 Å². The Kier molecular flexibility index (Phi) is 2.91. The number of aliphatic hydroxyl groups excluding tert-OH is 1. The van der Waals surface area contributed by atoms with Gasteiger partial charge in [-0.1, -0.05) is 15.9 Å². The minimum atomic E-state index is -0.388. The van der Waals surface area contributed by atoms with Gasteiger partial charge in [-0.2, -0.15) is 0 Å². The number of benzene rings is 1. The van der Waals surface area contributed by atoms with E-state index in [2.05, 4.69) is 22.0 Å². The Balaban J connectivity index is 3.28. The molecule has 1 rings (SSSR count). The van der Waals surface area contributed by atoms with E-state index in [4.69, 9.17) is 0 Å². The molecule has 0 heterocycles. The van der Waals surface area contributed by atoms with Crippen LogP contribution in [0.15, 0.2) is 16.6 Å². The predicted octanol–water partition coefficient (Wildman–Crippen LogP) is 3.12. The van der Waals surface area contributed by atoms with Crippen LogP contribution in [0.3, 0.4) is 0 Å². The van der Waals surface area contributed by atoms with E-state index in [1.165, 1.54) is 11.1 Å². The van der Waals surface area contributed by atoms with E-state index in [9.17, 15) is 5.11 Å². The van der Waals surface area contributed by atoms with E-state index in [1.807, 2.05) is 19.9 Å². The van der Waals surface area contributed by atoms with Crippen LogP contribution in [0.1, 0.15) is 29.7 Å². The zero-order chi connectivity index (χ0) is 9.30. The van der Waals surface area contributed by atoms with Gasteiger partial charge in [0.05, 0.1) is 6.10 Å². The molecule has 1 aromatic carbocycles. The van der Waals surface area contributed by atoms with Gasteiger partial charge in [-0.25, -0.2) is 0 Å². The van der Waals surface area contributed by atoms with Gasteiger partial charge in [-0.15, -0.1) is 0 Å². The molecule has 0 amide bonds. The maximum atomic E-state index is 9.43. The Morgan fingerprint density at radius 3 is 2.42 bits per heavy atom. The molecule has 0 radical (unpaired) electrons. The largest absolute Gasteiger partial charge is 0.389 e. The highest BCUT2D eigenvalue weighted by molar-refractivity contribution is 9.10. The fourth-order valence-corrected chi connectivity index (χ4v) is 1.87. The smallest absolute Gasteiger partial charge is 0.0764 e. The van der Waals surface area contributed by atoms with Crippen LogP contribution in [-0.2, 0) is 0 Å². The van der Waals surface area contributed by atoms with Crippen molar-refractivity contribution >= 4 is 15.9 Å². The molecule has 0 spiro atoms. The van der Waals surface area contributed by atoms with Gasteiger partial charge in [0.1, 0.15) is 0 Å². The number of hydrogen-bond acceptors (Lipinski definition) is 1. The van der Waals surface area contributed by atoms with Crippen molar-refractivity contribution < 1.29 is 5.11 Å². The lowest BCUT2D eigenvalue weighted by atomic mass is 10.0. The number of hydrogen-bond donors (Lipinski definition) is 1. The van der Waals surface area contributed by atoms with Crippen LogP contribution in [0, 0.1) is 13.8 Å². The SMILES string of the molecule is Cc1cc(Br)cc(C(C)O)c1C. The number of halogens is 1. The fourth-order valence-electron chi connectivity index (χ4n) is 1.28. The van der Waals surface area contributed by atoms with Crippen molar-refractivity contribution in [1.82, 2.24) is 0 Å². The molecule has 66 valence electrons. The molecule has 1 N–H and O–H groups in total. The third kappa shape index (κ3) is 1.87. The first-order valence-corrected chi connectivity index (χ1v) is 4.76. The van der Waals surface area contributed by atoms with Gasteiger partial charge in [0, 0.05) is 4.47 Å². The van der Waals surface area contributed by atoms with Gasteiger partial charge in [0.2, 0.25) is 0 Å². The third-order valence-corrected chi connectivity index (χ3v) is 2.58. The van der Waals surface area contributed by atoms with Crippen LogP contribution >= 0.6 is 15.9 Å². The normalized spacial score (nSPS) is 13.1. The van der Waals surface area contributed by atoms with Crippen LogP contribution in [0.5, 0.6) is 0 Å². The van der Waals surface area contributed by atoms with E-state index < -0.39 is 0 Å². The molecule has 0 saturated heterocycles. The zero-order valence-corrected chi connectivity index (χ0v) is 9.14. The molecule has 0 fully saturated rings. The highest BCUT2D eigenvalue weighted by Gasteiger charge is 2.07. The minimum absolute atomic E-state index is 0.388. The molecule has 1 atom stereocenters. The van der Waals surface area contributed by atoms with Crippen LogP contribution in [0.4, 0.5) is 0 Å². The molecule has 2 heteroatoms. The van der Waals surface area contributed by atoms with Crippen molar-refractivity contribution in [3.8, 4) is 0 Å². The summed E-state index contributed by atoms with van der Waals surface area (Å²) in [5, 5.41) is 9.43. The van der Waals surface area contributed by atoms with Crippen molar-refractivity contribution in [3.63, 3.8) is 0 Å². The van der Waals surface area contributed by atoms with Gasteiger partial charge in [-0.05, 0) is 49.6 Å². The number of rotatable bonds is 1. The minimum Gasteiger partial charge on any atom is -0.389 e. The standard InChI is InChI=1S/C10H13BrO/c1-6-4-9(11)5-10(7(6)2)8(3)12/h4-5,8,12H,1-3H3. The second kappa shape index (κ2) is 3.58. The van der Waals surface area contributed by atoms with Gasteiger partial charge in [-0.3, -0.25) is 0 Å². The highest BCUT2D eigenvalue weighted by Crippen LogP contribution is 2.24. The molecule has 1 nitrogen and oxygen atoms in total. The fraction of sp³-hybridized carbons (Fsp3) is 0.400. The molecule has 0 aliphatic rings. The number of aliphatic hydroxyl groups is 1. The molecule has 0 bridgehead atoms. The summed E-state index contributed by atoms with van der Waals surface area (Å²) in [4.78, 5) is 0. The molecule has 1 unspecified atom stereocenters. The Morgan fingerprint density at radius 1 is 1.33 bits per heavy atom. The summed E-state index contributed by atoms with van der Waals surface area (Å²) in [6.07, 6.45) is -0.388. The first-order chi connectivity index (χ1) is 5.52. The summed E-state index contributed by atoms with van der Waals surface area (Å²) < 4.78 is 1.03. The van der Waals surface area contributed by atoms with Crippen LogP contribution in [-0.4, -0.2) is 5.11 Å². The van der Waals surface area contributed by atoms with E-state index >= 15 is 0 Å². The van der Waals surface area contributed by atoms with Gasteiger partial charge in [0.25, 0.3) is 0 Å². The monoisotopic (exact) mass is 228 g/mol. The average molecular weight is 229 g/mol. The first-order valence-electron chi connectivity index (χ1n) is 3.97. The lowest BCUT2D eigenvalue weighted by molar-refractivity contribution is 0.198. The summed E-state index contributed by atoms with van der Waals surface area (Å²) in [7, 11) is 0. The molecule has 0 aromatic heterocycles. The Bertz CT molecular complexity index is 292. The van der Waals surface area contributed by atoms with E-state index in [0.29, 0.717) is 0 Å². The van der Waals surface area contributed by atoms with Gasteiger partial charge < -0.3 is 5.11 Å². The van der Waals surface area contributed by atoms with E-state index in [0.717, 1.165) is 10.0 Å². The molecule has 12 heavy (non-hydrogen) atoms. The van der Waals surface area contributed by atoms with Crippen molar-refractivity contribution in [2.24, 2.45) is 0 Å². The second-order valence-electron chi connectivity index (χ2n) is 3.11. The van der Waals surface area contributed by atoms with E-state index in [1.54, 1.807) is 6.92 Å². The summed E-state index contributed by atoms with van der Waals surface area (Å²) >= 11 is 3.40. The lowest BCUT2D eigenvalue weighted by Crippen LogP contribution is -1.96. The van der Waals surface area contributed by atoms with Gasteiger partial charge in [0.15, 0.2) is 0 Å².